The fraction of sp³-hybridized carbons (Fsp3) is 0.971. The Bertz CT molecular complexity index is 688. The van der Waals surface area contributed by atoms with Crippen molar-refractivity contribution in [2.75, 3.05) is 40.9 Å². The van der Waals surface area contributed by atoms with Crippen molar-refractivity contribution in [1.29, 1.82) is 0 Å². The molecule has 258 valence electrons. The fourth-order valence-corrected chi connectivity index (χ4v) is 5.88. The van der Waals surface area contributed by atoms with Crippen LogP contribution in [0.15, 0.2) is 0 Å². The van der Waals surface area contributed by atoms with E-state index in [4.69, 9.17) is 9.05 Å². The fourth-order valence-electron chi connectivity index (χ4n) is 5.16. The van der Waals surface area contributed by atoms with E-state index in [2.05, 4.69) is 19.2 Å². The summed E-state index contributed by atoms with van der Waals surface area (Å²) in [6.45, 7) is 4.66. The molecule has 0 fully saturated rings. The number of amides is 1. The van der Waals surface area contributed by atoms with Crippen LogP contribution in [0.25, 0.3) is 0 Å². The first-order valence-corrected chi connectivity index (χ1v) is 19.3. The molecule has 0 saturated carbocycles. The minimum absolute atomic E-state index is 0.0150. The Labute approximate surface area is 266 Å². The number of nitrogens with zero attached hydrogens (tertiary/aromatic N) is 1. The topological polar surface area (TPSA) is 108 Å². The Morgan fingerprint density at radius 1 is 0.721 bits per heavy atom. The highest BCUT2D eigenvalue weighted by molar-refractivity contribution is 7.45. The van der Waals surface area contributed by atoms with Crippen molar-refractivity contribution < 1.29 is 32.9 Å². The van der Waals surface area contributed by atoms with Crippen LogP contribution in [0.2, 0.25) is 0 Å². The van der Waals surface area contributed by atoms with Crippen LogP contribution in [0.3, 0.4) is 0 Å². The van der Waals surface area contributed by atoms with Crippen molar-refractivity contribution >= 4 is 13.7 Å². The molecule has 0 radical (unpaired) electrons. The quantitative estimate of drug-likeness (QED) is 0.0440. The maximum Gasteiger partial charge on any atom is 0.268 e. The van der Waals surface area contributed by atoms with Gasteiger partial charge in [-0.1, -0.05) is 142 Å². The molecule has 0 aliphatic carbocycles. The predicted octanol–water partition coefficient (Wildman–Crippen LogP) is 8.05. The Morgan fingerprint density at radius 3 is 1.58 bits per heavy atom. The highest BCUT2D eigenvalue weighted by Gasteiger charge is 2.24. The van der Waals surface area contributed by atoms with Crippen molar-refractivity contribution in [2.24, 2.45) is 0 Å². The molecule has 0 aliphatic heterocycles. The zero-order chi connectivity index (χ0) is 32.2. The molecule has 0 heterocycles. The van der Waals surface area contributed by atoms with Crippen molar-refractivity contribution in [3.8, 4) is 0 Å². The lowest BCUT2D eigenvalue weighted by Crippen LogP contribution is -2.46. The number of hydrogen-bond donors (Lipinski definition) is 2. The van der Waals surface area contributed by atoms with Crippen LogP contribution in [0.5, 0.6) is 0 Å². The molecule has 1 amide bonds. The summed E-state index contributed by atoms with van der Waals surface area (Å²) in [5, 5.41) is 13.7. The monoisotopic (exact) mass is 635 g/mol. The SMILES string of the molecule is CCCCCCCCCCCCCCCC(=O)NC(COP(=O)([O-])OCC[N+](C)(C)C)C(O)CCCCCCCCCC. The first-order valence-electron chi connectivity index (χ1n) is 17.9. The number of likely N-dealkylation sites (N-methyl/N-ethyl adjacent to an activating group) is 1. The summed E-state index contributed by atoms with van der Waals surface area (Å²) in [4.78, 5) is 25.0. The molecule has 0 aromatic carbocycles. The van der Waals surface area contributed by atoms with Gasteiger partial charge in [0, 0.05) is 6.42 Å². The van der Waals surface area contributed by atoms with E-state index in [1.165, 1.54) is 96.3 Å². The van der Waals surface area contributed by atoms with E-state index in [0.717, 1.165) is 38.5 Å². The number of unbranched alkanes of at least 4 members (excludes halogenated alkanes) is 19. The smallest absolute Gasteiger partial charge is 0.268 e. The summed E-state index contributed by atoms with van der Waals surface area (Å²) >= 11 is 0. The highest BCUT2D eigenvalue weighted by atomic mass is 31.2. The number of nitrogens with one attached hydrogen (secondary N) is 1. The van der Waals surface area contributed by atoms with Crippen LogP contribution >= 0.6 is 7.82 Å². The lowest BCUT2D eigenvalue weighted by Gasteiger charge is -2.30. The van der Waals surface area contributed by atoms with Crippen molar-refractivity contribution in [2.45, 2.75) is 174 Å². The Hall–Kier alpha value is -0.500. The number of carbonyl (C=O) groups excluding carboxylic acids is 1. The Kier molecular flexibility index (Phi) is 27.5. The van der Waals surface area contributed by atoms with Gasteiger partial charge in [0.05, 0.1) is 39.9 Å². The number of rotatable bonds is 32. The molecule has 3 unspecified atom stereocenters. The Morgan fingerprint density at radius 2 is 1.14 bits per heavy atom. The van der Waals surface area contributed by atoms with Gasteiger partial charge in [0.15, 0.2) is 0 Å². The summed E-state index contributed by atoms with van der Waals surface area (Å²) in [6, 6.07) is -0.789. The van der Waals surface area contributed by atoms with E-state index in [1.54, 1.807) is 0 Å². The zero-order valence-electron chi connectivity index (χ0n) is 28.9. The van der Waals surface area contributed by atoms with Crippen LogP contribution in [0, 0.1) is 0 Å². The second-order valence-electron chi connectivity index (χ2n) is 13.6. The second kappa shape index (κ2) is 27.8. The number of phosphoric ester groups is 1. The summed E-state index contributed by atoms with van der Waals surface area (Å²) in [7, 11) is 1.31. The van der Waals surface area contributed by atoms with Gasteiger partial charge in [0.1, 0.15) is 13.2 Å². The molecule has 0 spiro atoms. The molecule has 0 aromatic rings. The Balaban J connectivity index is 4.44. The standard InChI is InChI=1S/C34H71N2O6P/c1-6-8-10-12-14-16-17-18-19-20-22-24-26-28-34(38)35-32(31-42-43(39,40)41-30-29-36(3,4)5)33(37)27-25-23-21-15-13-11-9-7-2/h32-33,37H,6-31H2,1-5H3,(H-,35,38,39,40). The van der Waals surface area contributed by atoms with Gasteiger partial charge in [-0.25, -0.2) is 0 Å². The average molecular weight is 635 g/mol. The normalized spacial score (nSPS) is 14.9. The van der Waals surface area contributed by atoms with Crippen LogP contribution < -0.4 is 10.2 Å². The van der Waals surface area contributed by atoms with Gasteiger partial charge < -0.3 is 28.8 Å². The third kappa shape index (κ3) is 29.9. The van der Waals surface area contributed by atoms with Gasteiger partial charge >= 0.3 is 0 Å². The van der Waals surface area contributed by atoms with Gasteiger partial charge in [0.2, 0.25) is 5.91 Å². The summed E-state index contributed by atoms with van der Waals surface area (Å²) in [5.41, 5.74) is 0. The van der Waals surface area contributed by atoms with E-state index in [9.17, 15) is 19.4 Å². The van der Waals surface area contributed by atoms with Gasteiger partial charge in [-0.2, -0.15) is 0 Å². The molecule has 8 nitrogen and oxygen atoms in total. The molecule has 0 aliphatic rings. The second-order valence-corrected chi connectivity index (χ2v) is 15.0. The first-order chi connectivity index (χ1) is 20.5. The van der Waals surface area contributed by atoms with Crippen molar-refractivity contribution in [1.82, 2.24) is 5.32 Å². The molecule has 0 rings (SSSR count). The molecular formula is C34H71N2O6P. The molecule has 2 N–H and O–H groups in total. The van der Waals surface area contributed by atoms with Crippen LogP contribution in [0.4, 0.5) is 0 Å². The third-order valence-electron chi connectivity index (χ3n) is 8.10. The van der Waals surface area contributed by atoms with Gasteiger partial charge in [-0.15, -0.1) is 0 Å². The van der Waals surface area contributed by atoms with E-state index in [0.29, 0.717) is 23.9 Å². The maximum absolute atomic E-state index is 12.7. The molecule has 3 atom stereocenters. The number of hydrogen-bond acceptors (Lipinski definition) is 6. The molecule has 43 heavy (non-hydrogen) atoms. The first kappa shape index (κ1) is 42.5. The van der Waals surface area contributed by atoms with Crippen molar-refractivity contribution in [3.63, 3.8) is 0 Å². The van der Waals surface area contributed by atoms with Crippen LogP contribution in [0.1, 0.15) is 162 Å². The predicted molar refractivity (Wildman–Crippen MR) is 178 cm³/mol. The van der Waals surface area contributed by atoms with Crippen molar-refractivity contribution in [3.05, 3.63) is 0 Å². The van der Waals surface area contributed by atoms with Gasteiger partial charge in [-0.05, 0) is 12.8 Å². The number of quaternary nitrogens is 1. The van der Waals surface area contributed by atoms with E-state index < -0.39 is 20.0 Å². The molecule has 0 bridgehead atoms. The van der Waals surface area contributed by atoms with E-state index >= 15 is 0 Å². The third-order valence-corrected chi connectivity index (χ3v) is 9.06. The van der Waals surface area contributed by atoms with Crippen LogP contribution in [-0.4, -0.2) is 68.5 Å². The minimum Gasteiger partial charge on any atom is -0.756 e. The van der Waals surface area contributed by atoms with Gasteiger partial charge in [0.25, 0.3) is 7.82 Å². The average Bonchev–Trinajstić information content (AvgIpc) is 2.94. The molecule has 0 saturated heterocycles. The highest BCUT2D eigenvalue weighted by Crippen LogP contribution is 2.38. The number of aliphatic hydroxyl groups excluding tert-OH is 1. The van der Waals surface area contributed by atoms with E-state index in [-0.39, 0.29) is 19.1 Å². The number of aliphatic hydroxyl groups is 1. The lowest BCUT2D eigenvalue weighted by molar-refractivity contribution is -0.870. The summed E-state index contributed by atoms with van der Waals surface area (Å²) < 4.78 is 23.0. The molecule has 9 heteroatoms. The maximum atomic E-state index is 12.7. The molecule has 0 aromatic heterocycles. The van der Waals surface area contributed by atoms with E-state index in [1.807, 2.05) is 21.1 Å². The largest absolute Gasteiger partial charge is 0.756 e. The lowest BCUT2D eigenvalue weighted by atomic mass is 10.0. The zero-order valence-corrected chi connectivity index (χ0v) is 29.8. The summed E-state index contributed by atoms with van der Waals surface area (Å²) in [5.74, 6) is -0.168. The number of carbonyl (C=O) groups is 1. The molecular weight excluding hydrogens is 563 g/mol. The summed E-state index contributed by atoms with van der Waals surface area (Å²) in [6.07, 6.45) is 25.3. The minimum atomic E-state index is -4.54. The van der Waals surface area contributed by atoms with Crippen LogP contribution in [-0.2, 0) is 18.4 Å². The number of phosphoric acid groups is 1. The van der Waals surface area contributed by atoms with Gasteiger partial charge in [-0.3, -0.25) is 9.36 Å².